The Hall–Kier alpha value is -3.64. The van der Waals surface area contributed by atoms with E-state index in [1.807, 2.05) is 55.5 Å². The zero-order chi connectivity index (χ0) is 24.8. The number of carbonyl (C=O) groups is 1. The van der Waals surface area contributed by atoms with Gasteiger partial charge in [0.2, 0.25) is 0 Å². The van der Waals surface area contributed by atoms with Gasteiger partial charge in [-0.3, -0.25) is 4.79 Å². The smallest absolute Gasteiger partial charge is 0.254 e. The lowest BCUT2D eigenvalue weighted by Crippen LogP contribution is -2.32. The first-order valence-electron chi connectivity index (χ1n) is 11.4. The first-order valence-corrected chi connectivity index (χ1v) is 11.7. The predicted molar refractivity (Wildman–Crippen MR) is 136 cm³/mol. The second-order valence-electron chi connectivity index (χ2n) is 8.06. The maximum Gasteiger partial charge on any atom is 0.254 e. The minimum Gasteiger partial charge on any atom is -0.497 e. The number of nitrogens with zero attached hydrogens (tertiary/aromatic N) is 2. The van der Waals surface area contributed by atoms with E-state index in [1.54, 1.807) is 18.1 Å². The van der Waals surface area contributed by atoms with Gasteiger partial charge in [-0.15, -0.1) is 0 Å². The van der Waals surface area contributed by atoms with E-state index in [1.165, 1.54) is 18.2 Å². The summed E-state index contributed by atoms with van der Waals surface area (Å²) in [6.45, 7) is 3.12. The molecule has 0 bridgehead atoms. The van der Waals surface area contributed by atoms with Gasteiger partial charge in [-0.25, -0.2) is 9.37 Å². The number of fused-ring (bicyclic) bond motifs is 1. The maximum atomic E-state index is 13.9. The van der Waals surface area contributed by atoms with Crippen LogP contribution >= 0.6 is 11.6 Å². The van der Waals surface area contributed by atoms with Gasteiger partial charge in [-0.05, 0) is 73.5 Å². The third-order valence-electron chi connectivity index (χ3n) is 5.67. The minimum atomic E-state index is -0.459. The molecule has 0 atom stereocenters. The molecule has 1 amide bonds. The van der Waals surface area contributed by atoms with E-state index in [2.05, 4.69) is 4.98 Å². The van der Waals surface area contributed by atoms with Crippen molar-refractivity contribution in [2.75, 3.05) is 20.3 Å². The van der Waals surface area contributed by atoms with Crippen LogP contribution in [0, 0.1) is 5.82 Å². The van der Waals surface area contributed by atoms with Crippen LogP contribution < -0.4 is 9.47 Å². The number of benzene rings is 3. The first-order chi connectivity index (χ1) is 17.0. The summed E-state index contributed by atoms with van der Waals surface area (Å²) < 4.78 is 24.7. The lowest BCUT2D eigenvalue weighted by atomic mass is 10.1. The molecule has 0 radical (unpaired) electrons. The SMILES string of the molecule is CCOc1ccc2nc(Cl)c(CN(CCc3ccc(OC)cc3)C(=O)c3cccc(F)c3)cc2c1. The number of hydrogen-bond acceptors (Lipinski definition) is 4. The van der Waals surface area contributed by atoms with E-state index in [4.69, 9.17) is 21.1 Å². The fourth-order valence-electron chi connectivity index (χ4n) is 3.86. The summed E-state index contributed by atoms with van der Waals surface area (Å²) in [5.74, 6) is 0.765. The van der Waals surface area contributed by atoms with Gasteiger partial charge in [-0.1, -0.05) is 29.8 Å². The summed E-state index contributed by atoms with van der Waals surface area (Å²) in [6.07, 6.45) is 0.609. The Bertz CT molecular complexity index is 1330. The molecule has 4 aromatic rings. The Labute approximate surface area is 209 Å². The molecule has 0 N–H and O–H groups in total. The number of hydrogen-bond donors (Lipinski definition) is 0. The van der Waals surface area contributed by atoms with Crippen molar-refractivity contribution >= 4 is 28.4 Å². The van der Waals surface area contributed by atoms with Gasteiger partial charge in [0.05, 0.1) is 19.2 Å². The number of amides is 1. The van der Waals surface area contributed by atoms with Crippen LogP contribution in [0.15, 0.2) is 72.8 Å². The zero-order valence-corrected chi connectivity index (χ0v) is 20.4. The highest BCUT2D eigenvalue weighted by Crippen LogP contribution is 2.26. The predicted octanol–water partition coefficient (Wildman–Crippen LogP) is 6.32. The van der Waals surface area contributed by atoms with Crippen molar-refractivity contribution < 1.29 is 18.7 Å². The molecule has 0 saturated carbocycles. The van der Waals surface area contributed by atoms with Crippen LogP contribution in [0.5, 0.6) is 11.5 Å². The van der Waals surface area contributed by atoms with Gasteiger partial charge in [-0.2, -0.15) is 0 Å². The van der Waals surface area contributed by atoms with Crippen molar-refractivity contribution in [2.45, 2.75) is 19.9 Å². The second kappa shape index (κ2) is 11.2. The van der Waals surface area contributed by atoms with Crippen molar-refractivity contribution in [3.8, 4) is 11.5 Å². The molecule has 0 aliphatic rings. The molecule has 1 heterocycles. The van der Waals surface area contributed by atoms with Crippen LogP contribution in [0.1, 0.15) is 28.4 Å². The summed E-state index contributed by atoms with van der Waals surface area (Å²) >= 11 is 6.52. The number of aromatic nitrogens is 1. The summed E-state index contributed by atoms with van der Waals surface area (Å²) in [5.41, 5.74) is 2.77. The first kappa shape index (κ1) is 24.5. The van der Waals surface area contributed by atoms with Crippen LogP contribution in [0.3, 0.4) is 0 Å². The molecule has 0 unspecified atom stereocenters. The van der Waals surface area contributed by atoms with Crippen molar-refractivity contribution in [3.05, 3.63) is 100 Å². The number of halogens is 2. The lowest BCUT2D eigenvalue weighted by Gasteiger charge is -2.24. The van der Waals surface area contributed by atoms with Gasteiger partial charge >= 0.3 is 0 Å². The Morgan fingerprint density at radius 1 is 1.03 bits per heavy atom. The Morgan fingerprint density at radius 3 is 2.51 bits per heavy atom. The topological polar surface area (TPSA) is 51.7 Å². The van der Waals surface area contributed by atoms with E-state index in [0.29, 0.717) is 30.3 Å². The van der Waals surface area contributed by atoms with Crippen LogP contribution in [0.4, 0.5) is 4.39 Å². The molecule has 0 aliphatic carbocycles. The molecule has 4 rings (SSSR count). The maximum absolute atomic E-state index is 13.9. The van der Waals surface area contributed by atoms with Crippen LogP contribution in [0.25, 0.3) is 10.9 Å². The summed E-state index contributed by atoms with van der Waals surface area (Å²) in [6, 6.07) is 20.9. The van der Waals surface area contributed by atoms with Crippen LogP contribution in [-0.2, 0) is 13.0 Å². The third kappa shape index (κ3) is 6.08. The van der Waals surface area contributed by atoms with Gasteiger partial charge in [0.15, 0.2) is 0 Å². The molecule has 0 saturated heterocycles. The summed E-state index contributed by atoms with van der Waals surface area (Å²) in [7, 11) is 1.62. The Kier molecular flexibility index (Phi) is 7.83. The zero-order valence-electron chi connectivity index (χ0n) is 19.6. The molecule has 0 fully saturated rings. The molecular weight excluding hydrogens is 467 g/mol. The molecular formula is C28H26ClFN2O3. The molecule has 1 aromatic heterocycles. The highest BCUT2D eigenvalue weighted by Gasteiger charge is 2.19. The van der Waals surface area contributed by atoms with Crippen LogP contribution in [-0.4, -0.2) is 36.1 Å². The molecule has 180 valence electrons. The number of carbonyl (C=O) groups excluding carboxylic acids is 1. The highest BCUT2D eigenvalue weighted by molar-refractivity contribution is 6.30. The fraction of sp³-hybridized carbons (Fsp3) is 0.214. The molecule has 35 heavy (non-hydrogen) atoms. The molecule has 0 aliphatic heterocycles. The van der Waals surface area contributed by atoms with E-state index >= 15 is 0 Å². The molecule has 7 heteroatoms. The molecule has 5 nitrogen and oxygen atoms in total. The van der Waals surface area contributed by atoms with Gasteiger partial charge in [0, 0.05) is 29.6 Å². The van der Waals surface area contributed by atoms with Gasteiger partial charge in [0.25, 0.3) is 5.91 Å². The second-order valence-corrected chi connectivity index (χ2v) is 8.42. The highest BCUT2D eigenvalue weighted by atomic mass is 35.5. The van der Waals surface area contributed by atoms with E-state index < -0.39 is 5.82 Å². The van der Waals surface area contributed by atoms with Crippen molar-refractivity contribution in [1.29, 1.82) is 0 Å². The standard InChI is InChI=1S/C28H26ClFN2O3/c1-3-35-25-11-12-26-21(17-25)15-22(27(29)31-26)18-32(28(33)20-5-4-6-23(30)16-20)14-13-19-7-9-24(34-2)10-8-19/h4-12,15-17H,3,13-14,18H2,1-2H3. The van der Waals surface area contributed by atoms with E-state index in [-0.39, 0.29) is 18.0 Å². The monoisotopic (exact) mass is 492 g/mol. The average molecular weight is 493 g/mol. The largest absolute Gasteiger partial charge is 0.497 e. The van der Waals surface area contributed by atoms with Crippen molar-refractivity contribution in [3.63, 3.8) is 0 Å². The average Bonchev–Trinajstić information content (AvgIpc) is 2.87. The Morgan fingerprint density at radius 2 is 1.80 bits per heavy atom. The normalized spacial score (nSPS) is 10.9. The molecule has 0 spiro atoms. The minimum absolute atomic E-state index is 0.228. The lowest BCUT2D eigenvalue weighted by molar-refractivity contribution is 0.0744. The summed E-state index contributed by atoms with van der Waals surface area (Å²) in [5, 5.41) is 1.19. The van der Waals surface area contributed by atoms with Gasteiger partial charge < -0.3 is 14.4 Å². The number of ether oxygens (including phenoxy) is 2. The summed E-state index contributed by atoms with van der Waals surface area (Å²) in [4.78, 5) is 19.6. The quantitative estimate of drug-likeness (QED) is 0.256. The fourth-order valence-corrected chi connectivity index (χ4v) is 4.07. The van der Waals surface area contributed by atoms with Crippen molar-refractivity contribution in [1.82, 2.24) is 9.88 Å². The van der Waals surface area contributed by atoms with Gasteiger partial charge in [0.1, 0.15) is 22.5 Å². The van der Waals surface area contributed by atoms with Crippen molar-refractivity contribution in [2.24, 2.45) is 0 Å². The number of rotatable bonds is 9. The number of methoxy groups -OCH3 is 1. The van der Waals surface area contributed by atoms with E-state index in [9.17, 15) is 9.18 Å². The molecule has 3 aromatic carbocycles. The number of pyridine rings is 1. The Balaban J connectivity index is 1.63. The van der Waals surface area contributed by atoms with E-state index in [0.717, 1.165) is 28.0 Å². The third-order valence-corrected chi connectivity index (χ3v) is 6.00. The van der Waals surface area contributed by atoms with Crippen LogP contribution in [0.2, 0.25) is 5.15 Å².